The van der Waals surface area contributed by atoms with E-state index in [1.165, 1.54) is 5.56 Å². The van der Waals surface area contributed by atoms with E-state index in [2.05, 4.69) is 0 Å². The number of rotatable bonds is 4. The molecule has 0 bridgehead atoms. The van der Waals surface area contributed by atoms with E-state index in [0.29, 0.717) is 12.7 Å². The van der Waals surface area contributed by atoms with Crippen LogP contribution in [0.25, 0.3) is 0 Å². The molecule has 1 aliphatic rings. The van der Waals surface area contributed by atoms with Crippen LogP contribution < -0.4 is 9.47 Å². The maximum absolute atomic E-state index is 9.40. The number of nitrogens with zero attached hydrogens (tertiary/aromatic N) is 1. The van der Waals surface area contributed by atoms with Crippen molar-refractivity contribution in [2.24, 2.45) is 0 Å². The second-order valence-corrected chi connectivity index (χ2v) is 6.76. The standard InChI is InChI=1S/C10H12O2.C7H14BNO2/c1-7-4-5-8-9(6-7)12-10(2,3)11-8;1-7(2,11)8(6-9)4-3-5-10/h4-6H,1-3H3;10-11H,3-5H2,1-2H3. The maximum atomic E-state index is 9.40. The zero-order valence-electron chi connectivity index (χ0n) is 14.6. The third-order valence-corrected chi connectivity index (χ3v) is 3.47. The number of aryl methyl sites for hydroxylation is 1. The van der Waals surface area contributed by atoms with Crippen LogP contribution in [-0.4, -0.2) is 34.8 Å². The summed E-state index contributed by atoms with van der Waals surface area (Å²) in [6, 6.07) is 5.95. The van der Waals surface area contributed by atoms with Crippen molar-refractivity contribution in [3.63, 3.8) is 0 Å². The lowest BCUT2D eigenvalue weighted by Gasteiger charge is -2.19. The Morgan fingerprint density at radius 2 is 1.87 bits per heavy atom. The van der Waals surface area contributed by atoms with Crippen molar-refractivity contribution in [3.05, 3.63) is 23.8 Å². The number of hydrogen-bond donors (Lipinski definition) is 2. The molecule has 0 amide bonds. The van der Waals surface area contributed by atoms with E-state index < -0.39 is 11.3 Å². The number of hydrogen-bond acceptors (Lipinski definition) is 5. The number of ether oxygens (including phenoxy) is 2. The summed E-state index contributed by atoms with van der Waals surface area (Å²) in [5, 5.41) is 26.5. The van der Waals surface area contributed by atoms with Gasteiger partial charge in [-0.25, -0.2) is 5.26 Å². The van der Waals surface area contributed by atoms with E-state index in [9.17, 15) is 5.11 Å². The number of benzene rings is 1. The summed E-state index contributed by atoms with van der Waals surface area (Å²) in [5.74, 6) is 3.20. The molecule has 0 fully saturated rings. The lowest BCUT2D eigenvalue weighted by molar-refractivity contribution is -0.0431. The van der Waals surface area contributed by atoms with Crippen LogP contribution in [0.2, 0.25) is 6.32 Å². The van der Waals surface area contributed by atoms with Gasteiger partial charge in [-0.1, -0.05) is 12.4 Å². The first kappa shape index (κ1) is 19.3. The largest absolute Gasteiger partial charge is 0.449 e. The average Bonchev–Trinajstić information content (AvgIpc) is 2.72. The molecule has 2 N–H and O–H groups in total. The summed E-state index contributed by atoms with van der Waals surface area (Å²) in [7, 11) is 0. The van der Waals surface area contributed by atoms with Gasteiger partial charge in [0.05, 0.1) is 5.50 Å². The zero-order chi connectivity index (χ0) is 17.7. The first-order chi connectivity index (χ1) is 10.6. The molecule has 1 aromatic rings. The molecule has 0 unspecified atom stereocenters. The van der Waals surface area contributed by atoms with E-state index in [1.54, 1.807) is 13.8 Å². The van der Waals surface area contributed by atoms with Gasteiger partial charge in [0, 0.05) is 26.4 Å². The fraction of sp³-hybridized carbons (Fsp3) is 0.588. The molecule has 0 aromatic heterocycles. The third kappa shape index (κ3) is 6.13. The second-order valence-electron chi connectivity index (χ2n) is 6.76. The average molecular weight is 319 g/mol. The molecule has 0 radical (unpaired) electrons. The van der Waals surface area contributed by atoms with Crippen molar-refractivity contribution in [3.8, 4) is 17.5 Å². The predicted molar refractivity (Wildman–Crippen MR) is 90.7 cm³/mol. The summed E-state index contributed by atoms with van der Waals surface area (Å²) in [6.07, 6.45) is 1.12. The van der Waals surface area contributed by atoms with Gasteiger partial charge in [0.25, 0.3) is 0 Å². The van der Waals surface area contributed by atoms with Crippen LogP contribution in [0.3, 0.4) is 0 Å². The molecule has 23 heavy (non-hydrogen) atoms. The number of nitriles is 1. The molecule has 0 spiro atoms. The highest BCUT2D eigenvalue weighted by Crippen LogP contribution is 2.39. The first-order valence-corrected chi connectivity index (χ1v) is 7.80. The van der Waals surface area contributed by atoms with Crippen molar-refractivity contribution >= 4 is 6.71 Å². The molecule has 5 nitrogen and oxygen atoms in total. The fourth-order valence-corrected chi connectivity index (χ4v) is 2.20. The van der Waals surface area contributed by atoms with E-state index in [0.717, 1.165) is 11.5 Å². The summed E-state index contributed by atoms with van der Waals surface area (Å²) in [6.45, 7) is 8.76. The Bertz CT molecular complexity index is 561. The maximum Gasteiger partial charge on any atom is 0.301 e. The van der Waals surface area contributed by atoms with Gasteiger partial charge in [-0.3, -0.25) is 0 Å². The molecule has 1 aromatic carbocycles. The second kappa shape index (κ2) is 7.71. The molecular formula is C17H26BNO4. The predicted octanol–water partition coefficient (Wildman–Crippen LogP) is 2.74. The van der Waals surface area contributed by atoms with Crippen molar-refractivity contribution in [1.29, 1.82) is 5.26 Å². The summed E-state index contributed by atoms with van der Waals surface area (Å²) in [4.78, 5) is 0. The number of aliphatic hydroxyl groups excluding tert-OH is 1. The lowest BCUT2D eigenvalue weighted by atomic mass is 9.38. The van der Waals surface area contributed by atoms with Crippen molar-refractivity contribution in [1.82, 2.24) is 0 Å². The third-order valence-electron chi connectivity index (χ3n) is 3.47. The van der Waals surface area contributed by atoms with E-state index in [-0.39, 0.29) is 13.3 Å². The van der Waals surface area contributed by atoms with Gasteiger partial charge in [0.15, 0.2) is 11.5 Å². The van der Waals surface area contributed by atoms with Crippen LogP contribution in [0, 0.1) is 18.2 Å². The molecule has 6 heteroatoms. The molecule has 0 aliphatic carbocycles. The van der Waals surface area contributed by atoms with Gasteiger partial charge in [-0.15, -0.1) is 0 Å². The number of fused-ring (bicyclic) bond motifs is 1. The molecule has 1 aliphatic heterocycles. The Hall–Kier alpha value is -1.71. The Balaban J connectivity index is 0.000000232. The molecule has 126 valence electrons. The Labute approximate surface area is 138 Å². The zero-order valence-corrected chi connectivity index (χ0v) is 14.6. The van der Waals surface area contributed by atoms with Crippen molar-refractivity contribution in [2.75, 3.05) is 6.61 Å². The van der Waals surface area contributed by atoms with Gasteiger partial charge in [0.2, 0.25) is 5.79 Å². The van der Waals surface area contributed by atoms with Gasteiger partial charge in [0.1, 0.15) is 0 Å². The van der Waals surface area contributed by atoms with Crippen LogP contribution in [0.1, 0.15) is 39.7 Å². The van der Waals surface area contributed by atoms with Crippen molar-refractivity contribution < 1.29 is 19.7 Å². The quantitative estimate of drug-likeness (QED) is 0.834. The van der Waals surface area contributed by atoms with Gasteiger partial charge >= 0.3 is 6.71 Å². The van der Waals surface area contributed by atoms with Crippen LogP contribution in [0.15, 0.2) is 18.2 Å². The highest BCUT2D eigenvalue weighted by atomic mass is 16.7. The van der Waals surface area contributed by atoms with E-state index >= 15 is 0 Å². The molecule has 0 atom stereocenters. The highest BCUT2D eigenvalue weighted by molar-refractivity contribution is 6.69. The Morgan fingerprint density at radius 1 is 1.26 bits per heavy atom. The normalized spacial score (nSPS) is 14.5. The molecule has 1 heterocycles. The van der Waals surface area contributed by atoms with Crippen LogP contribution >= 0.6 is 0 Å². The summed E-state index contributed by atoms with van der Waals surface area (Å²) < 4.78 is 11.1. The first-order valence-electron chi connectivity index (χ1n) is 7.80. The lowest BCUT2D eigenvalue weighted by Crippen LogP contribution is -2.39. The molecule has 0 saturated carbocycles. The van der Waals surface area contributed by atoms with Crippen LogP contribution in [-0.2, 0) is 0 Å². The smallest absolute Gasteiger partial charge is 0.301 e. The Morgan fingerprint density at radius 3 is 2.39 bits per heavy atom. The molecular weight excluding hydrogens is 293 g/mol. The van der Waals surface area contributed by atoms with E-state index in [1.807, 2.05) is 44.9 Å². The fourth-order valence-electron chi connectivity index (χ4n) is 2.20. The van der Waals surface area contributed by atoms with E-state index in [4.69, 9.17) is 19.8 Å². The van der Waals surface area contributed by atoms with Gasteiger partial charge in [-0.05, 0) is 44.9 Å². The summed E-state index contributed by atoms with van der Waals surface area (Å²) >= 11 is 0. The number of aliphatic hydroxyl groups is 2. The topological polar surface area (TPSA) is 82.7 Å². The summed E-state index contributed by atoms with van der Waals surface area (Å²) in [5.41, 5.74) is 0.235. The molecule has 2 rings (SSSR count). The minimum Gasteiger partial charge on any atom is -0.449 e. The Kier molecular flexibility index (Phi) is 6.49. The molecule has 0 saturated heterocycles. The van der Waals surface area contributed by atoms with Gasteiger partial charge < -0.3 is 19.7 Å². The van der Waals surface area contributed by atoms with Crippen molar-refractivity contribution in [2.45, 2.75) is 58.6 Å². The van der Waals surface area contributed by atoms with Crippen LogP contribution in [0.5, 0.6) is 11.5 Å². The SMILES string of the molecule is CC(C)(O)B(C#N)CCCO.Cc1ccc2c(c1)OC(C)(C)O2. The monoisotopic (exact) mass is 319 g/mol. The minimum atomic E-state index is -0.954. The highest BCUT2D eigenvalue weighted by Gasteiger charge is 2.31. The van der Waals surface area contributed by atoms with Crippen LogP contribution in [0.4, 0.5) is 0 Å². The minimum absolute atomic E-state index is 0.0776. The van der Waals surface area contributed by atoms with Gasteiger partial charge in [-0.2, -0.15) is 0 Å².